The minimum Gasteiger partial charge on any atom is -0.370 e. The molecule has 0 aliphatic heterocycles. The molecular formula is C13H23N5O. The van der Waals surface area contributed by atoms with Crippen molar-refractivity contribution in [2.24, 2.45) is 0 Å². The van der Waals surface area contributed by atoms with Crippen molar-refractivity contribution >= 4 is 17.5 Å². The lowest BCUT2D eigenvalue weighted by molar-refractivity contribution is -0.121. The number of anilines is 2. The van der Waals surface area contributed by atoms with Crippen LogP contribution >= 0.6 is 0 Å². The summed E-state index contributed by atoms with van der Waals surface area (Å²) in [7, 11) is 0. The Kier molecular flexibility index (Phi) is 6.05. The van der Waals surface area contributed by atoms with E-state index in [2.05, 4.69) is 32.8 Å². The van der Waals surface area contributed by atoms with Crippen LogP contribution in [-0.4, -0.2) is 35.0 Å². The van der Waals surface area contributed by atoms with E-state index in [1.54, 1.807) is 0 Å². The number of carbonyl (C=O) groups excluding carboxylic acids is 1. The van der Waals surface area contributed by atoms with Crippen molar-refractivity contribution in [3.8, 4) is 0 Å². The molecule has 1 aromatic heterocycles. The largest absolute Gasteiger partial charge is 0.370 e. The molecule has 0 radical (unpaired) electrons. The Labute approximate surface area is 114 Å². The molecule has 0 aliphatic carbocycles. The van der Waals surface area contributed by atoms with E-state index in [1.165, 1.54) is 0 Å². The van der Waals surface area contributed by atoms with Crippen LogP contribution < -0.4 is 16.0 Å². The second kappa shape index (κ2) is 7.56. The molecule has 1 heterocycles. The van der Waals surface area contributed by atoms with Crippen molar-refractivity contribution in [2.45, 2.75) is 40.2 Å². The highest BCUT2D eigenvalue weighted by Crippen LogP contribution is 2.12. The predicted molar refractivity (Wildman–Crippen MR) is 77.3 cm³/mol. The van der Waals surface area contributed by atoms with Crippen molar-refractivity contribution in [3.05, 3.63) is 11.9 Å². The number of aromatic nitrogens is 2. The van der Waals surface area contributed by atoms with Gasteiger partial charge in [0, 0.05) is 19.2 Å². The first kappa shape index (κ1) is 15.2. The van der Waals surface area contributed by atoms with Gasteiger partial charge in [-0.3, -0.25) is 4.79 Å². The molecule has 0 bridgehead atoms. The molecule has 1 amide bonds. The highest BCUT2D eigenvalue weighted by Gasteiger charge is 2.12. The van der Waals surface area contributed by atoms with E-state index in [0.29, 0.717) is 18.2 Å². The van der Waals surface area contributed by atoms with Crippen LogP contribution in [0.3, 0.4) is 0 Å². The van der Waals surface area contributed by atoms with Crippen LogP contribution in [0.1, 0.15) is 33.0 Å². The number of amides is 1. The lowest BCUT2D eigenvalue weighted by Gasteiger charge is -2.15. The second-order valence-electron chi connectivity index (χ2n) is 4.37. The van der Waals surface area contributed by atoms with Gasteiger partial charge in [-0.25, -0.2) is 9.97 Å². The smallest absolute Gasteiger partial charge is 0.242 e. The first-order valence-electron chi connectivity index (χ1n) is 6.70. The summed E-state index contributed by atoms with van der Waals surface area (Å²) in [6.45, 7) is 9.11. The molecular weight excluding hydrogens is 242 g/mol. The quantitative estimate of drug-likeness (QED) is 0.697. The van der Waals surface area contributed by atoms with Gasteiger partial charge in [-0.05, 0) is 27.2 Å². The van der Waals surface area contributed by atoms with Gasteiger partial charge in [-0.15, -0.1) is 0 Å². The highest BCUT2D eigenvalue weighted by molar-refractivity contribution is 5.83. The van der Waals surface area contributed by atoms with Crippen LogP contribution in [-0.2, 0) is 4.79 Å². The molecule has 1 aromatic rings. The normalized spacial score (nSPS) is 11.8. The van der Waals surface area contributed by atoms with Crippen molar-refractivity contribution in [3.63, 3.8) is 0 Å². The molecule has 19 heavy (non-hydrogen) atoms. The molecule has 0 spiro atoms. The summed E-state index contributed by atoms with van der Waals surface area (Å²) in [6, 6.07) is 1.49. The van der Waals surface area contributed by atoms with Crippen molar-refractivity contribution < 1.29 is 4.79 Å². The maximum atomic E-state index is 11.7. The fraction of sp³-hybridized carbons (Fsp3) is 0.615. The van der Waals surface area contributed by atoms with E-state index in [4.69, 9.17) is 0 Å². The Balaban J connectivity index is 2.71. The third kappa shape index (κ3) is 5.11. The van der Waals surface area contributed by atoms with Crippen molar-refractivity contribution in [1.29, 1.82) is 0 Å². The monoisotopic (exact) mass is 265 g/mol. The van der Waals surface area contributed by atoms with Gasteiger partial charge in [0.15, 0.2) is 0 Å². The van der Waals surface area contributed by atoms with Crippen LogP contribution in [0.2, 0.25) is 0 Å². The third-order valence-corrected chi connectivity index (χ3v) is 2.50. The first-order chi connectivity index (χ1) is 9.06. The van der Waals surface area contributed by atoms with Crippen LogP contribution in [0.25, 0.3) is 0 Å². The van der Waals surface area contributed by atoms with Gasteiger partial charge < -0.3 is 16.0 Å². The lowest BCUT2D eigenvalue weighted by Crippen LogP contribution is -2.37. The van der Waals surface area contributed by atoms with Gasteiger partial charge in [0.05, 0.1) is 0 Å². The molecule has 3 N–H and O–H groups in total. The molecule has 0 saturated carbocycles. The fourth-order valence-corrected chi connectivity index (χ4v) is 1.60. The maximum absolute atomic E-state index is 11.7. The lowest BCUT2D eigenvalue weighted by atomic mass is 10.3. The number of carbonyl (C=O) groups is 1. The minimum absolute atomic E-state index is 0.0400. The van der Waals surface area contributed by atoms with Crippen LogP contribution in [0.4, 0.5) is 11.6 Å². The van der Waals surface area contributed by atoms with E-state index < -0.39 is 0 Å². The van der Waals surface area contributed by atoms with Crippen LogP contribution in [0.15, 0.2) is 6.07 Å². The van der Waals surface area contributed by atoms with Crippen LogP contribution in [0, 0.1) is 6.92 Å². The van der Waals surface area contributed by atoms with Gasteiger partial charge in [0.2, 0.25) is 5.91 Å². The predicted octanol–water partition coefficient (Wildman–Crippen LogP) is 1.54. The molecule has 6 nitrogen and oxygen atoms in total. The zero-order valence-corrected chi connectivity index (χ0v) is 12.1. The summed E-state index contributed by atoms with van der Waals surface area (Å²) in [5.74, 6) is 2.07. The average Bonchev–Trinajstić information content (AvgIpc) is 2.36. The zero-order chi connectivity index (χ0) is 14.3. The maximum Gasteiger partial charge on any atom is 0.242 e. The van der Waals surface area contributed by atoms with Crippen LogP contribution in [0.5, 0.6) is 0 Å². The zero-order valence-electron chi connectivity index (χ0n) is 12.1. The van der Waals surface area contributed by atoms with Crippen molar-refractivity contribution in [2.75, 3.05) is 23.7 Å². The molecule has 0 aliphatic rings. The van der Waals surface area contributed by atoms with Gasteiger partial charge in [0.1, 0.15) is 23.5 Å². The topological polar surface area (TPSA) is 78.9 Å². The molecule has 0 aromatic carbocycles. The molecule has 106 valence electrons. The summed E-state index contributed by atoms with van der Waals surface area (Å²) in [4.78, 5) is 20.2. The number of nitrogens with one attached hydrogen (secondary N) is 3. The van der Waals surface area contributed by atoms with Gasteiger partial charge in [-0.1, -0.05) is 6.92 Å². The Bertz CT molecular complexity index is 421. The third-order valence-electron chi connectivity index (χ3n) is 2.50. The Hall–Kier alpha value is -1.85. The number of hydrogen-bond acceptors (Lipinski definition) is 5. The minimum atomic E-state index is -0.326. The highest BCUT2D eigenvalue weighted by atomic mass is 16.2. The summed E-state index contributed by atoms with van der Waals surface area (Å²) < 4.78 is 0. The van der Waals surface area contributed by atoms with E-state index in [0.717, 1.165) is 18.8 Å². The molecule has 6 heteroatoms. The van der Waals surface area contributed by atoms with E-state index >= 15 is 0 Å². The number of rotatable bonds is 7. The Morgan fingerprint density at radius 1 is 1.32 bits per heavy atom. The summed E-state index contributed by atoms with van der Waals surface area (Å²) in [5.41, 5.74) is 0. The fourth-order valence-electron chi connectivity index (χ4n) is 1.60. The number of aryl methyl sites for hydroxylation is 1. The van der Waals surface area contributed by atoms with E-state index in [1.807, 2.05) is 26.8 Å². The number of hydrogen-bond donors (Lipinski definition) is 3. The molecule has 0 saturated heterocycles. The number of likely N-dealkylation sites (N-methyl/N-ethyl adjacent to an activating group) is 1. The summed E-state index contributed by atoms with van der Waals surface area (Å²) in [5, 5.41) is 9.06. The summed E-state index contributed by atoms with van der Waals surface area (Å²) >= 11 is 0. The molecule has 0 fully saturated rings. The van der Waals surface area contributed by atoms with E-state index in [9.17, 15) is 4.79 Å². The Morgan fingerprint density at radius 2 is 2.00 bits per heavy atom. The first-order valence-corrected chi connectivity index (χ1v) is 6.70. The SMILES string of the molecule is CCCNc1cc(NC(C)C(=O)NCC)nc(C)n1. The van der Waals surface area contributed by atoms with Crippen molar-refractivity contribution in [1.82, 2.24) is 15.3 Å². The average molecular weight is 265 g/mol. The van der Waals surface area contributed by atoms with Gasteiger partial charge in [-0.2, -0.15) is 0 Å². The summed E-state index contributed by atoms with van der Waals surface area (Å²) in [6.07, 6.45) is 1.03. The molecule has 1 unspecified atom stereocenters. The molecule has 1 atom stereocenters. The van der Waals surface area contributed by atoms with E-state index in [-0.39, 0.29) is 11.9 Å². The Morgan fingerprint density at radius 3 is 2.63 bits per heavy atom. The van der Waals surface area contributed by atoms with Gasteiger partial charge >= 0.3 is 0 Å². The molecule has 1 rings (SSSR count). The second-order valence-corrected chi connectivity index (χ2v) is 4.37. The van der Waals surface area contributed by atoms with Gasteiger partial charge in [0.25, 0.3) is 0 Å². The standard InChI is InChI=1S/C13H23N5O/c1-5-7-15-11-8-12(18-10(4)17-11)16-9(3)13(19)14-6-2/h8-9H,5-7H2,1-4H3,(H,14,19)(H2,15,16,17,18). The number of nitrogens with zero attached hydrogens (tertiary/aromatic N) is 2.